The maximum Gasteiger partial charge on any atom is 0.410 e. The van der Waals surface area contributed by atoms with Gasteiger partial charge in [0.1, 0.15) is 12.1 Å². The average molecular weight is 804 g/mol. The largest absolute Gasteiger partial charge is 0.447 e. The summed E-state index contributed by atoms with van der Waals surface area (Å²) < 4.78 is 17.3. The molecule has 0 unspecified atom stereocenters. The van der Waals surface area contributed by atoms with Gasteiger partial charge in [0.2, 0.25) is 23.6 Å². The van der Waals surface area contributed by atoms with E-state index in [4.69, 9.17) is 14.2 Å². The van der Waals surface area contributed by atoms with Crippen LogP contribution in [0.3, 0.4) is 0 Å². The van der Waals surface area contributed by atoms with E-state index in [0.717, 1.165) is 6.42 Å². The second-order valence-corrected chi connectivity index (χ2v) is 16.7. The summed E-state index contributed by atoms with van der Waals surface area (Å²) in [6, 6.07) is 5.88. The summed E-state index contributed by atoms with van der Waals surface area (Å²) in [5, 5.41) is 16.7. The lowest BCUT2D eigenvalue weighted by Crippen LogP contribution is -2.60. The van der Waals surface area contributed by atoms with E-state index in [9.17, 15) is 29.1 Å². The highest BCUT2D eigenvalue weighted by Gasteiger charge is 2.43. The monoisotopic (exact) mass is 804 g/mol. The predicted octanol–water partition coefficient (Wildman–Crippen LogP) is 4.79. The van der Waals surface area contributed by atoms with Crippen molar-refractivity contribution >= 4 is 29.7 Å². The van der Waals surface area contributed by atoms with Crippen molar-refractivity contribution in [3.05, 3.63) is 35.9 Å². The number of carbonyl (C=O) groups excluding carboxylic acids is 5. The number of likely N-dealkylation sites (tertiary alicyclic amines) is 1. The molecule has 2 rings (SSSR count). The normalized spacial score (nSPS) is 19.2. The predicted molar refractivity (Wildman–Crippen MR) is 220 cm³/mol. The highest BCUT2D eigenvalue weighted by molar-refractivity contribution is 5.91. The molecule has 5 amide bonds. The van der Waals surface area contributed by atoms with Crippen LogP contribution in [0, 0.1) is 23.7 Å². The zero-order chi connectivity index (χ0) is 43.3. The Bertz CT molecular complexity index is 1440. The van der Waals surface area contributed by atoms with Crippen molar-refractivity contribution < 1.29 is 43.3 Å². The minimum absolute atomic E-state index is 0.0200. The van der Waals surface area contributed by atoms with Gasteiger partial charge in [-0.15, -0.1) is 0 Å². The fourth-order valence-corrected chi connectivity index (χ4v) is 7.98. The molecule has 14 heteroatoms. The van der Waals surface area contributed by atoms with Gasteiger partial charge in [0.05, 0.1) is 54.9 Å². The Morgan fingerprint density at radius 1 is 0.860 bits per heavy atom. The molecule has 14 nitrogen and oxygen atoms in total. The Kier molecular flexibility index (Phi) is 19.9. The zero-order valence-electron chi connectivity index (χ0n) is 37.0. The molecule has 1 aromatic rings. The van der Waals surface area contributed by atoms with Gasteiger partial charge in [0.15, 0.2) is 0 Å². The number of nitrogens with zero attached hydrogens (tertiary/aromatic N) is 3. The number of hydrogen-bond acceptors (Lipinski definition) is 9. The summed E-state index contributed by atoms with van der Waals surface area (Å²) in [5.41, 5.74) is 0.697. The molecule has 3 N–H and O–H groups in total. The van der Waals surface area contributed by atoms with Crippen LogP contribution in [0.4, 0.5) is 4.79 Å². The van der Waals surface area contributed by atoms with Gasteiger partial charge >= 0.3 is 6.09 Å². The van der Waals surface area contributed by atoms with Crippen LogP contribution < -0.4 is 10.6 Å². The second kappa shape index (κ2) is 23.0. The second-order valence-electron chi connectivity index (χ2n) is 16.7. The third kappa shape index (κ3) is 13.1. The summed E-state index contributed by atoms with van der Waals surface area (Å²) in [6.45, 7) is 18.8. The van der Waals surface area contributed by atoms with Gasteiger partial charge in [-0.2, -0.15) is 0 Å². The molecule has 0 radical (unpaired) electrons. The van der Waals surface area contributed by atoms with E-state index >= 15 is 0 Å². The topological polar surface area (TPSA) is 167 Å². The van der Waals surface area contributed by atoms with Gasteiger partial charge in [-0.05, 0) is 56.9 Å². The first-order chi connectivity index (χ1) is 26.7. The lowest BCUT2D eigenvalue weighted by Gasteiger charge is -2.41. The standard InChI is InChI=1S/C43H73N5O9/c1-15-28(8)37(46(11)42(53)35(25(2)3)45-41(52)36(26(4)5)47(12)43(54)57-27(6)7)33(55-13)24-34(49)48-23-19-22-32(48)39(56-14)29(9)40(51)44-30(10)38(50)31-20-17-16-18-21-31/h16-18,20-21,25-30,32-33,35-39,50H,15,19,22-24H2,1-14H3,(H,44,51)(H,45,52)/t28-,29+,30+,32-,33+,35-,36-,37-,38+,39+/m0/s1. The number of methoxy groups -OCH3 is 2. The van der Waals surface area contributed by atoms with Crippen molar-refractivity contribution in [2.45, 2.75) is 150 Å². The molecule has 0 aliphatic carbocycles. The number of aliphatic hydroxyl groups excluding tert-OH is 1. The van der Waals surface area contributed by atoms with Crippen LogP contribution in [0.15, 0.2) is 30.3 Å². The smallest absolute Gasteiger partial charge is 0.410 e. The molecule has 10 atom stereocenters. The van der Waals surface area contributed by atoms with Crippen LogP contribution in [0.25, 0.3) is 0 Å². The quantitative estimate of drug-likeness (QED) is 0.159. The summed E-state index contributed by atoms with van der Waals surface area (Å²) >= 11 is 0. The van der Waals surface area contributed by atoms with E-state index in [1.54, 1.807) is 44.5 Å². The molecule has 1 aliphatic rings. The van der Waals surface area contributed by atoms with Crippen molar-refractivity contribution in [3.8, 4) is 0 Å². The molecular weight excluding hydrogens is 730 g/mol. The van der Waals surface area contributed by atoms with Crippen LogP contribution in [-0.2, 0) is 33.4 Å². The lowest BCUT2D eigenvalue weighted by molar-refractivity contribution is -0.148. The van der Waals surface area contributed by atoms with E-state index < -0.39 is 60.4 Å². The lowest BCUT2D eigenvalue weighted by atomic mass is 9.89. The number of nitrogens with one attached hydrogen (secondary N) is 2. The number of hydrogen-bond donors (Lipinski definition) is 3. The van der Waals surface area contributed by atoms with Gasteiger partial charge < -0.3 is 39.8 Å². The zero-order valence-corrected chi connectivity index (χ0v) is 37.0. The maximum atomic E-state index is 14.4. The van der Waals surface area contributed by atoms with E-state index in [0.29, 0.717) is 24.9 Å². The molecular formula is C43H73N5O9. The van der Waals surface area contributed by atoms with E-state index in [-0.39, 0.29) is 54.0 Å². The fourth-order valence-electron chi connectivity index (χ4n) is 7.98. The molecule has 1 aromatic carbocycles. The van der Waals surface area contributed by atoms with E-state index in [2.05, 4.69) is 10.6 Å². The van der Waals surface area contributed by atoms with Gasteiger partial charge in [-0.25, -0.2) is 4.79 Å². The van der Waals surface area contributed by atoms with Crippen molar-refractivity contribution in [2.24, 2.45) is 23.7 Å². The molecule has 0 bridgehead atoms. The van der Waals surface area contributed by atoms with Gasteiger partial charge in [0.25, 0.3) is 0 Å². The molecule has 0 saturated carbocycles. The van der Waals surface area contributed by atoms with Crippen molar-refractivity contribution in [2.75, 3.05) is 34.9 Å². The fraction of sp³-hybridized carbons (Fsp3) is 0.744. The van der Waals surface area contributed by atoms with Crippen LogP contribution in [0.2, 0.25) is 0 Å². The number of carbonyl (C=O) groups is 5. The van der Waals surface area contributed by atoms with Crippen LogP contribution >= 0.6 is 0 Å². The first-order valence-corrected chi connectivity index (χ1v) is 20.6. The van der Waals surface area contributed by atoms with Crippen molar-refractivity contribution in [1.82, 2.24) is 25.3 Å². The van der Waals surface area contributed by atoms with Crippen molar-refractivity contribution in [1.29, 1.82) is 0 Å². The number of ether oxygens (including phenoxy) is 3. The minimum atomic E-state index is -0.924. The summed E-state index contributed by atoms with van der Waals surface area (Å²) in [5.74, 6) is -2.55. The molecule has 57 heavy (non-hydrogen) atoms. The number of benzene rings is 1. The van der Waals surface area contributed by atoms with Crippen molar-refractivity contribution in [3.63, 3.8) is 0 Å². The van der Waals surface area contributed by atoms with Gasteiger partial charge in [-0.1, -0.05) is 85.2 Å². The summed E-state index contributed by atoms with van der Waals surface area (Å²) in [7, 11) is 6.26. The van der Waals surface area contributed by atoms with Gasteiger partial charge in [0, 0.05) is 34.9 Å². The van der Waals surface area contributed by atoms with Crippen LogP contribution in [0.5, 0.6) is 0 Å². The minimum Gasteiger partial charge on any atom is -0.447 e. The van der Waals surface area contributed by atoms with Gasteiger partial charge in [-0.3, -0.25) is 24.1 Å². The number of rotatable bonds is 21. The van der Waals surface area contributed by atoms with Crippen LogP contribution in [0.1, 0.15) is 107 Å². The van der Waals surface area contributed by atoms with E-state index in [1.165, 1.54) is 26.2 Å². The number of amides is 5. The molecule has 0 spiro atoms. The third-order valence-corrected chi connectivity index (χ3v) is 11.4. The molecule has 324 valence electrons. The molecule has 1 heterocycles. The highest BCUT2D eigenvalue weighted by Crippen LogP contribution is 2.30. The molecule has 0 aromatic heterocycles. The number of likely N-dealkylation sites (N-methyl/N-ethyl adjacent to an activating group) is 2. The Hall–Kier alpha value is -3.75. The van der Waals surface area contributed by atoms with E-state index in [1.807, 2.05) is 71.9 Å². The molecule has 1 fully saturated rings. The highest BCUT2D eigenvalue weighted by atomic mass is 16.6. The Morgan fingerprint density at radius 2 is 1.47 bits per heavy atom. The third-order valence-electron chi connectivity index (χ3n) is 11.4. The Balaban J connectivity index is 2.28. The average Bonchev–Trinajstić information content (AvgIpc) is 3.65. The maximum absolute atomic E-state index is 14.4. The first-order valence-electron chi connectivity index (χ1n) is 20.6. The summed E-state index contributed by atoms with van der Waals surface area (Å²) in [4.78, 5) is 73.3. The first kappa shape index (κ1) is 49.4. The summed E-state index contributed by atoms with van der Waals surface area (Å²) in [6.07, 6.45) is -1.14. The molecule has 1 saturated heterocycles. The van der Waals surface area contributed by atoms with Crippen LogP contribution in [-0.4, -0.2) is 133 Å². The number of aliphatic hydroxyl groups is 1. The SMILES string of the molecule is CC[C@H](C)[C@@H]([C@@H](CC(=O)N1CCC[C@H]1[C@H](OC)[C@@H](C)C(=O)N[C@H](C)[C@@H](O)c1ccccc1)OC)N(C)C(=O)[C@@H](NC(=O)[C@H](C(C)C)N(C)C(=O)OC(C)C)C(C)C. The Labute approximate surface area is 341 Å². The Morgan fingerprint density at radius 3 is 1.98 bits per heavy atom. The molecule has 1 aliphatic heterocycles.